The number of thiophene rings is 1. The van der Waals surface area contributed by atoms with Crippen LogP contribution in [0.3, 0.4) is 0 Å². The summed E-state index contributed by atoms with van der Waals surface area (Å²) in [5, 5.41) is 2.96. The number of carbonyl (C=O) groups is 2. The topological polar surface area (TPSA) is 58.3 Å². The van der Waals surface area contributed by atoms with Crippen molar-refractivity contribution < 1.29 is 19.4 Å². The van der Waals surface area contributed by atoms with Gasteiger partial charge >= 0.3 is 6.03 Å². The summed E-state index contributed by atoms with van der Waals surface area (Å²) in [6.45, 7) is 2.95. The molecule has 0 saturated carbocycles. The van der Waals surface area contributed by atoms with Gasteiger partial charge in [0, 0.05) is 12.8 Å². The molecule has 6 nitrogen and oxygen atoms in total. The number of nitrogens with zero attached hydrogens (tertiary/aromatic N) is 1. The Kier molecular flexibility index (Phi) is 4.64. The lowest BCUT2D eigenvalue weighted by Crippen LogP contribution is -3.11. The number of likely N-dealkylation sites (tertiary alicyclic amines) is 1. The average molecular weight is 359 g/mol. The number of carbonyl (C=O) groups excluding carboxylic acids is 2. The maximum absolute atomic E-state index is 12.8. The first-order chi connectivity index (χ1) is 10.9. The monoisotopic (exact) mass is 358 g/mol. The van der Waals surface area contributed by atoms with Crippen molar-refractivity contribution in [3.05, 3.63) is 21.3 Å². The van der Waals surface area contributed by atoms with E-state index in [1.807, 2.05) is 19.2 Å². The van der Waals surface area contributed by atoms with E-state index in [-0.39, 0.29) is 11.9 Å². The van der Waals surface area contributed by atoms with E-state index < -0.39 is 5.54 Å². The van der Waals surface area contributed by atoms with E-state index in [1.165, 1.54) is 21.1 Å². The van der Waals surface area contributed by atoms with E-state index in [0.29, 0.717) is 6.67 Å². The van der Waals surface area contributed by atoms with Crippen LogP contribution in [0.2, 0.25) is 4.34 Å². The SMILES string of the molecule is C[NH+]1CCC2(CC1)NC(=O)N(C[NH+](C)Cc1ccc(Cl)s1)C2=O. The molecule has 1 aromatic rings. The molecule has 3 N–H and O–H groups in total. The lowest BCUT2D eigenvalue weighted by molar-refractivity contribution is -0.900. The number of rotatable bonds is 4. The summed E-state index contributed by atoms with van der Waals surface area (Å²) >= 11 is 7.48. The van der Waals surface area contributed by atoms with E-state index >= 15 is 0 Å². The molecule has 2 fully saturated rings. The minimum Gasteiger partial charge on any atom is -0.337 e. The highest BCUT2D eigenvalue weighted by Crippen LogP contribution is 2.25. The van der Waals surface area contributed by atoms with Crippen LogP contribution in [0.4, 0.5) is 4.79 Å². The Bertz CT molecular complexity index is 612. The zero-order valence-corrected chi connectivity index (χ0v) is 15.0. The van der Waals surface area contributed by atoms with Crippen molar-refractivity contribution in [2.24, 2.45) is 0 Å². The van der Waals surface area contributed by atoms with Crippen molar-refractivity contribution >= 4 is 34.9 Å². The molecule has 1 atom stereocenters. The van der Waals surface area contributed by atoms with E-state index in [1.54, 1.807) is 0 Å². The van der Waals surface area contributed by atoms with Gasteiger partial charge in [0.15, 0.2) is 6.67 Å². The van der Waals surface area contributed by atoms with Crippen molar-refractivity contribution in [1.29, 1.82) is 0 Å². The Morgan fingerprint density at radius 3 is 2.70 bits per heavy atom. The molecule has 1 unspecified atom stereocenters. The first-order valence-electron chi connectivity index (χ1n) is 7.90. The summed E-state index contributed by atoms with van der Waals surface area (Å²) in [5.74, 6) is -0.0569. The number of urea groups is 1. The van der Waals surface area contributed by atoms with Gasteiger partial charge in [0.1, 0.15) is 12.1 Å². The molecule has 0 aliphatic carbocycles. The molecule has 1 spiro atoms. The first-order valence-corrected chi connectivity index (χ1v) is 9.10. The molecule has 0 radical (unpaired) electrons. The molecule has 0 bridgehead atoms. The molecule has 2 saturated heterocycles. The van der Waals surface area contributed by atoms with Crippen molar-refractivity contribution in [3.63, 3.8) is 0 Å². The Labute approximate surface area is 145 Å². The Hall–Kier alpha value is -1.15. The zero-order chi connectivity index (χ0) is 16.6. The van der Waals surface area contributed by atoms with E-state index in [0.717, 1.165) is 46.6 Å². The maximum Gasteiger partial charge on any atom is 0.329 e. The predicted octanol–water partition coefficient (Wildman–Crippen LogP) is -1.03. The molecular formula is C15H23ClN4O2S+2. The summed E-state index contributed by atoms with van der Waals surface area (Å²) < 4.78 is 0.760. The molecule has 2 aliphatic rings. The number of halogens is 1. The second kappa shape index (κ2) is 6.39. The smallest absolute Gasteiger partial charge is 0.329 e. The van der Waals surface area contributed by atoms with Gasteiger partial charge in [0.25, 0.3) is 5.91 Å². The van der Waals surface area contributed by atoms with Gasteiger partial charge in [0.2, 0.25) is 0 Å². The van der Waals surface area contributed by atoms with Crippen LogP contribution in [0.15, 0.2) is 12.1 Å². The summed E-state index contributed by atoms with van der Waals surface area (Å²) in [7, 11) is 4.11. The maximum atomic E-state index is 12.8. The van der Waals surface area contributed by atoms with Gasteiger partial charge in [0.05, 0.1) is 36.4 Å². The van der Waals surface area contributed by atoms with Gasteiger partial charge in [-0.3, -0.25) is 4.79 Å². The summed E-state index contributed by atoms with van der Waals surface area (Å²) in [4.78, 5) is 30.1. The van der Waals surface area contributed by atoms with Crippen LogP contribution < -0.4 is 15.1 Å². The fraction of sp³-hybridized carbons (Fsp3) is 0.600. The zero-order valence-electron chi connectivity index (χ0n) is 13.4. The highest BCUT2D eigenvalue weighted by molar-refractivity contribution is 7.16. The van der Waals surface area contributed by atoms with Crippen LogP contribution in [-0.4, -0.2) is 56.2 Å². The molecule has 2 aliphatic heterocycles. The Morgan fingerprint density at radius 1 is 1.39 bits per heavy atom. The summed E-state index contributed by atoms with van der Waals surface area (Å²) in [5.41, 5.74) is -0.664. The van der Waals surface area contributed by atoms with Gasteiger partial charge in [-0.1, -0.05) is 11.6 Å². The molecule has 0 aromatic carbocycles. The Morgan fingerprint density at radius 2 is 2.09 bits per heavy atom. The molecule has 126 valence electrons. The summed E-state index contributed by atoms with van der Waals surface area (Å²) in [6, 6.07) is 3.61. The molecule has 3 rings (SSSR count). The van der Waals surface area contributed by atoms with Crippen molar-refractivity contribution in [3.8, 4) is 0 Å². The molecular weight excluding hydrogens is 336 g/mol. The van der Waals surface area contributed by atoms with Gasteiger partial charge < -0.3 is 15.1 Å². The van der Waals surface area contributed by atoms with Crippen LogP contribution >= 0.6 is 22.9 Å². The number of piperidine rings is 1. The van der Waals surface area contributed by atoms with E-state index in [2.05, 4.69) is 12.4 Å². The van der Waals surface area contributed by atoms with Gasteiger partial charge in [-0.05, 0) is 12.1 Å². The minimum absolute atomic E-state index is 0.0569. The normalized spacial score (nSPS) is 29.2. The number of nitrogens with one attached hydrogen (secondary N) is 3. The number of imide groups is 1. The van der Waals surface area contributed by atoms with Gasteiger partial charge in [-0.25, -0.2) is 9.69 Å². The highest BCUT2D eigenvalue weighted by atomic mass is 35.5. The molecule has 8 heteroatoms. The second-order valence-corrected chi connectivity index (χ2v) is 8.50. The van der Waals surface area contributed by atoms with E-state index in [9.17, 15) is 9.59 Å². The number of hydrogen-bond acceptors (Lipinski definition) is 3. The fourth-order valence-electron chi connectivity index (χ4n) is 3.33. The third kappa shape index (κ3) is 3.38. The lowest BCUT2D eigenvalue weighted by atomic mass is 9.88. The fourth-order valence-corrected chi connectivity index (χ4v) is 4.53. The highest BCUT2D eigenvalue weighted by Gasteiger charge is 2.53. The van der Waals surface area contributed by atoms with Crippen molar-refractivity contribution in [1.82, 2.24) is 10.2 Å². The standard InChI is InChI=1S/C15H21ClN4O2S/c1-18-7-5-15(6-8-18)13(21)20(14(22)17-15)10-19(2)9-11-3-4-12(16)23-11/h3-4H,5-10H2,1-2H3,(H,17,22)/p+2. The number of quaternary nitrogens is 2. The summed E-state index contributed by atoms with van der Waals surface area (Å²) in [6.07, 6.45) is 1.44. The van der Waals surface area contributed by atoms with Crippen LogP contribution in [0.25, 0.3) is 0 Å². The van der Waals surface area contributed by atoms with Crippen LogP contribution in [0, 0.1) is 0 Å². The van der Waals surface area contributed by atoms with Crippen LogP contribution in [0.1, 0.15) is 17.7 Å². The Balaban J connectivity index is 1.63. The van der Waals surface area contributed by atoms with Gasteiger partial charge in [-0.15, -0.1) is 11.3 Å². The second-order valence-electron chi connectivity index (χ2n) is 6.70. The van der Waals surface area contributed by atoms with Gasteiger partial charge in [-0.2, -0.15) is 0 Å². The number of amides is 3. The molecule has 3 amide bonds. The first kappa shape index (κ1) is 16.7. The third-order valence-corrected chi connectivity index (χ3v) is 5.97. The largest absolute Gasteiger partial charge is 0.337 e. The van der Waals surface area contributed by atoms with Crippen LogP contribution in [0.5, 0.6) is 0 Å². The predicted molar refractivity (Wildman–Crippen MR) is 88.8 cm³/mol. The average Bonchev–Trinajstić information content (AvgIpc) is 3.00. The van der Waals surface area contributed by atoms with Crippen molar-refractivity contribution in [2.45, 2.75) is 24.9 Å². The van der Waals surface area contributed by atoms with E-state index in [4.69, 9.17) is 11.6 Å². The quantitative estimate of drug-likeness (QED) is 0.603. The van der Waals surface area contributed by atoms with Crippen LogP contribution in [-0.2, 0) is 11.3 Å². The molecule has 23 heavy (non-hydrogen) atoms. The van der Waals surface area contributed by atoms with Crippen molar-refractivity contribution in [2.75, 3.05) is 33.9 Å². The third-order valence-electron chi connectivity index (χ3n) is 4.74. The number of hydrogen-bond donors (Lipinski definition) is 3. The lowest BCUT2D eigenvalue weighted by Gasteiger charge is -2.33. The molecule has 3 heterocycles. The molecule has 1 aromatic heterocycles. The minimum atomic E-state index is -0.664.